The van der Waals surface area contributed by atoms with E-state index in [-0.39, 0.29) is 0 Å². The van der Waals surface area contributed by atoms with E-state index in [9.17, 15) is 8.42 Å². The molecule has 0 aromatic heterocycles. The molecule has 0 aromatic carbocycles. The van der Waals surface area contributed by atoms with Crippen molar-refractivity contribution in [2.75, 3.05) is 19.8 Å². The van der Waals surface area contributed by atoms with E-state index in [0.717, 1.165) is 10.7 Å². The van der Waals surface area contributed by atoms with Gasteiger partial charge in [0.2, 0.25) is 10.0 Å². The van der Waals surface area contributed by atoms with Crippen LogP contribution >= 0.6 is 0 Å². The highest BCUT2D eigenvalue weighted by Crippen LogP contribution is 1.88. The topological polar surface area (TPSA) is 49.4 Å². The van der Waals surface area contributed by atoms with Crippen molar-refractivity contribution >= 4 is 10.0 Å². The van der Waals surface area contributed by atoms with E-state index in [1.807, 2.05) is 0 Å². The summed E-state index contributed by atoms with van der Waals surface area (Å²) in [4.78, 5) is 0. The lowest BCUT2D eigenvalue weighted by atomic mass is 10.8. The Labute approximate surface area is 55.9 Å². The van der Waals surface area contributed by atoms with Crippen LogP contribution in [0.5, 0.6) is 0 Å². The lowest BCUT2D eigenvalue weighted by Gasteiger charge is -2.14. The van der Waals surface area contributed by atoms with Gasteiger partial charge in [0.25, 0.3) is 0 Å². The molecule has 0 aliphatic rings. The van der Waals surface area contributed by atoms with Gasteiger partial charge in [-0.25, -0.2) is 13.8 Å². The second kappa shape index (κ2) is 3.14. The van der Waals surface area contributed by atoms with Gasteiger partial charge in [-0.1, -0.05) is 0 Å². The molecule has 0 unspecified atom stereocenters. The molecule has 0 aliphatic carbocycles. The quantitative estimate of drug-likeness (QED) is 0.549. The van der Waals surface area contributed by atoms with Gasteiger partial charge in [0, 0.05) is 6.54 Å². The van der Waals surface area contributed by atoms with Gasteiger partial charge >= 0.3 is 0 Å². The highest BCUT2D eigenvalue weighted by Gasteiger charge is 2.09. The molecule has 0 atom stereocenters. The molecule has 0 radical (unpaired) electrons. The normalized spacial score (nSPS) is 12.4. The third-order valence-corrected chi connectivity index (χ3v) is 2.18. The first-order chi connectivity index (χ1) is 4.02. The molecule has 9 heavy (non-hydrogen) atoms. The predicted molar refractivity (Wildman–Crippen MR) is 36.3 cm³/mol. The summed E-state index contributed by atoms with van der Waals surface area (Å²) in [7, 11) is -1.47. The second-order valence-corrected chi connectivity index (χ2v) is 3.56. The summed E-state index contributed by atoms with van der Waals surface area (Å²) in [5, 5.41) is 0. The monoisotopic (exact) mass is 152 g/mol. The summed E-state index contributed by atoms with van der Waals surface area (Å²) in [5.74, 6) is 0. The Morgan fingerprint density at radius 1 is 1.56 bits per heavy atom. The van der Waals surface area contributed by atoms with Crippen molar-refractivity contribution in [3.05, 3.63) is 0 Å². The fraction of sp³-hybridized carbons (Fsp3) is 1.00. The van der Waals surface area contributed by atoms with E-state index in [1.54, 1.807) is 14.0 Å². The molecule has 0 fully saturated rings. The zero-order valence-corrected chi connectivity index (χ0v) is 6.70. The summed E-state index contributed by atoms with van der Waals surface area (Å²) in [6.45, 7) is 2.22. The summed E-state index contributed by atoms with van der Waals surface area (Å²) >= 11 is 0. The Hall–Kier alpha value is -0.130. The van der Waals surface area contributed by atoms with Gasteiger partial charge in [-0.3, -0.25) is 0 Å². The van der Waals surface area contributed by atoms with E-state index in [4.69, 9.17) is 0 Å². The van der Waals surface area contributed by atoms with E-state index in [0.29, 0.717) is 6.54 Å². The Kier molecular flexibility index (Phi) is 3.10. The number of nitrogens with zero attached hydrogens (tertiary/aromatic N) is 1. The van der Waals surface area contributed by atoms with Crippen molar-refractivity contribution in [3.8, 4) is 0 Å². The first kappa shape index (κ1) is 8.87. The van der Waals surface area contributed by atoms with Gasteiger partial charge in [0.15, 0.2) is 0 Å². The Morgan fingerprint density at radius 2 is 2.00 bits per heavy atom. The molecular weight excluding hydrogens is 140 g/mol. The van der Waals surface area contributed by atoms with Crippen molar-refractivity contribution in [1.82, 2.24) is 9.84 Å². The van der Waals surface area contributed by atoms with Crippen LogP contribution in [0, 0.1) is 0 Å². The molecular formula is C4H12N2O2S. The van der Waals surface area contributed by atoms with Crippen LogP contribution in [0.15, 0.2) is 0 Å². The summed E-state index contributed by atoms with van der Waals surface area (Å²) < 4.78 is 22.5. The van der Waals surface area contributed by atoms with Gasteiger partial charge in [-0.2, -0.15) is 0 Å². The van der Waals surface area contributed by atoms with Crippen molar-refractivity contribution in [2.45, 2.75) is 6.92 Å². The van der Waals surface area contributed by atoms with Gasteiger partial charge in [0.1, 0.15) is 0 Å². The molecule has 0 aliphatic heterocycles. The third-order valence-electron chi connectivity index (χ3n) is 0.937. The van der Waals surface area contributed by atoms with E-state index < -0.39 is 10.0 Å². The van der Waals surface area contributed by atoms with E-state index in [2.05, 4.69) is 5.43 Å². The minimum absolute atomic E-state index is 0.454. The van der Waals surface area contributed by atoms with Crippen molar-refractivity contribution in [1.29, 1.82) is 0 Å². The second-order valence-electron chi connectivity index (χ2n) is 1.65. The van der Waals surface area contributed by atoms with Gasteiger partial charge < -0.3 is 0 Å². The van der Waals surface area contributed by atoms with Crippen LogP contribution in [-0.4, -0.2) is 32.7 Å². The average Bonchev–Trinajstić information content (AvgIpc) is 1.65. The summed E-state index contributed by atoms with van der Waals surface area (Å²) in [6.07, 6.45) is 1.16. The smallest absolute Gasteiger partial charge is 0.223 e. The Balaban J connectivity index is 4.14. The number of hydrogen-bond donors (Lipinski definition) is 1. The van der Waals surface area contributed by atoms with Gasteiger partial charge in [0.05, 0.1) is 6.26 Å². The molecule has 0 aromatic rings. The molecule has 4 nitrogen and oxygen atoms in total. The van der Waals surface area contributed by atoms with E-state index in [1.165, 1.54) is 0 Å². The number of hydrogen-bond acceptors (Lipinski definition) is 3. The van der Waals surface area contributed by atoms with Crippen LogP contribution in [0.25, 0.3) is 0 Å². The van der Waals surface area contributed by atoms with Gasteiger partial charge in [-0.05, 0) is 14.0 Å². The van der Waals surface area contributed by atoms with Crippen LogP contribution in [0.4, 0.5) is 0 Å². The molecule has 0 amide bonds. The minimum Gasteiger partial charge on any atom is -0.245 e. The Morgan fingerprint density at radius 3 is 2.00 bits per heavy atom. The molecule has 0 spiro atoms. The fourth-order valence-corrected chi connectivity index (χ4v) is 1.36. The van der Waals surface area contributed by atoms with Crippen LogP contribution in [-0.2, 0) is 10.0 Å². The number of nitrogens with one attached hydrogen (secondary N) is 1. The van der Waals surface area contributed by atoms with Crippen LogP contribution in [0.1, 0.15) is 6.92 Å². The first-order valence-corrected chi connectivity index (χ1v) is 4.52. The molecule has 0 bridgehead atoms. The molecule has 0 saturated heterocycles. The van der Waals surface area contributed by atoms with Crippen LogP contribution in [0.2, 0.25) is 0 Å². The van der Waals surface area contributed by atoms with Crippen molar-refractivity contribution in [3.63, 3.8) is 0 Å². The molecule has 1 N–H and O–H groups in total. The largest absolute Gasteiger partial charge is 0.245 e. The van der Waals surface area contributed by atoms with Crippen molar-refractivity contribution in [2.24, 2.45) is 0 Å². The summed E-state index contributed by atoms with van der Waals surface area (Å²) in [5.41, 5.74) is 2.54. The van der Waals surface area contributed by atoms with Crippen LogP contribution in [0.3, 0.4) is 0 Å². The molecule has 56 valence electrons. The van der Waals surface area contributed by atoms with Crippen molar-refractivity contribution < 1.29 is 8.42 Å². The SMILES string of the molecule is CCN(NC)S(C)(=O)=O. The standard InChI is InChI=1S/C4H12N2O2S/c1-4-6(5-2)9(3,7)8/h5H,4H2,1-3H3. The highest BCUT2D eigenvalue weighted by molar-refractivity contribution is 7.88. The first-order valence-electron chi connectivity index (χ1n) is 2.67. The van der Waals surface area contributed by atoms with E-state index >= 15 is 0 Å². The molecule has 0 rings (SSSR count). The third kappa shape index (κ3) is 2.78. The zero-order valence-electron chi connectivity index (χ0n) is 5.88. The minimum atomic E-state index is -3.04. The molecule has 5 heteroatoms. The highest BCUT2D eigenvalue weighted by atomic mass is 32.2. The zero-order chi connectivity index (χ0) is 7.49. The Bertz CT molecular complexity index is 159. The number of rotatable bonds is 3. The number of hydrazine groups is 1. The fourth-order valence-electron chi connectivity index (χ4n) is 0.558. The molecule has 0 saturated carbocycles. The maximum atomic E-state index is 10.7. The van der Waals surface area contributed by atoms with Crippen LogP contribution < -0.4 is 5.43 Å². The van der Waals surface area contributed by atoms with Gasteiger partial charge in [-0.15, -0.1) is 4.41 Å². The summed E-state index contributed by atoms with van der Waals surface area (Å²) in [6, 6.07) is 0. The average molecular weight is 152 g/mol. The number of sulfonamides is 1. The lowest BCUT2D eigenvalue weighted by molar-refractivity contribution is 0.363. The molecule has 0 heterocycles. The maximum absolute atomic E-state index is 10.7. The predicted octanol–water partition coefficient (Wildman–Crippen LogP) is -0.598. The maximum Gasteiger partial charge on any atom is 0.223 e. The lowest BCUT2D eigenvalue weighted by Crippen LogP contribution is -2.39.